The highest BCUT2D eigenvalue weighted by Gasteiger charge is 2.08. The number of halogens is 1. The van der Waals surface area contributed by atoms with E-state index in [0.29, 0.717) is 3.92 Å². The van der Waals surface area contributed by atoms with Crippen LogP contribution in [0.4, 0.5) is 0 Å². The van der Waals surface area contributed by atoms with E-state index >= 15 is 0 Å². The quantitative estimate of drug-likeness (QED) is 0.505. The Bertz CT molecular complexity index is 305. The highest BCUT2D eigenvalue weighted by molar-refractivity contribution is 14.1. The third kappa shape index (κ3) is 2.33. The molecule has 0 aromatic carbocycles. The minimum atomic E-state index is 0.695. The summed E-state index contributed by atoms with van der Waals surface area (Å²) in [7, 11) is 0. The van der Waals surface area contributed by atoms with Crippen molar-refractivity contribution in [3.63, 3.8) is 0 Å². The van der Waals surface area contributed by atoms with E-state index in [-0.39, 0.29) is 0 Å². The first kappa shape index (κ1) is 9.25. The summed E-state index contributed by atoms with van der Waals surface area (Å²) in [6.45, 7) is 0. The zero-order valence-corrected chi connectivity index (χ0v) is 9.70. The molecule has 0 fully saturated rings. The van der Waals surface area contributed by atoms with E-state index in [1.54, 1.807) is 0 Å². The Hall–Kier alpha value is -0.310. The molecule has 1 heteroatoms. The van der Waals surface area contributed by atoms with E-state index in [1.807, 2.05) is 0 Å². The molecule has 13 heavy (non-hydrogen) atoms. The first-order valence-corrected chi connectivity index (χ1v) is 5.99. The largest absolute Gasteiger partial charge is 0.0842 e. The van der Waals surface area contributed by atoms with E-state index in [4.69, 9.17) is 0 Å². The van der Waals surface area contributed by atoms with Crippen LogP contribution in [0.25, 0.3) is 0 Å². The lowest BCUT2D eigenvalue weighted by atomic mass is 9.93. The Labute approximate surface area is 93.2 Å². The summed E-state index contributed by atoms with van der Waals surface area (Å²) in [5.41, 5.74) is 2.94. The predicted molar refractivity (Wildman–Crippen MR) is 66.1 cm³/mol. The van der Waals surface area contributed by atoms with Gasteiger partial charge in [-0.25, -0.2) is 0 Å². The van der Waals surface area contributed by atoms with Crippen LogP contribution in [0.2, 0.25) is 0 Å². The zero-order chi connectivity index (χ0) is 9.10. The first-order valence-electron chi connectivity index (χ1n) is 4.75. The van der Waals surface area contributed by atoms with Crippen molar-refractivity contribution in [1.82, 2.24) is 0 Å². The summed E-state index contributed by atoms with van der Waals surface area (Å²) in [5, 5.41) is 0. The van der Waals surface area contributed by atoms with Crippen LogP contribution < -0.4 is 0 Å². The maximum absolute atomic E-state index is 2.47. The van der Waals surface area contributed by atoms with Gasteiger partial charge in [0, 0.05) is 3.92 Å². The molecule has 0 amide bonds. The second-order valence-electron chi connectivity index (χ2n) is 3.43. The Kier molecular flexibility index (Phi) is 3.04. The lowest BCUT2D eigenvalue weighted by Crippen LogP contribution is -1.99. The average Bonchev–Trinajstić information content (AvgIpc) is 2.20. The summed E-state index contributed by atoms with van der Waals surface area (Å²) in [6, 6.07) is 0. The second kappa shape index (κ2) is 4.27. The van der Waals surface area contributed by atoms with Gasteiger partial charge in [0.25, 0.3) is 0 Å². The maximum atomic E-state index is 2.47. The van der Waals surface area contributed by atoms with Gasteiger partial charge in [-0.05, 0) is 30.4 Å². The molecule has 68 valence electrons. The van der Waals surface area contributed by atoms with Crippen LogP contribution in [0.5, 0.6) is 0 Å². The second-order valence-corrected chi connectivity index (χ2v) is 5.03. The van der Waals surface area contributed by atoms with E-state index in [9.17, 15) is 0 Å². The zero-order valence-electron chi connectivity index (χ0n) is 7.54. The summed E-state index contributed by atoms with van der Waals surface area (Å²) in [6.07, 6.45) is 17.2. The van der Waals surface area contributed by atoms with Crippen molar-refractivity contribution in [3.05, 3.63) is 47.6 Å². The fourth-order valence-electron chi connectivity index (χ4n) is 1.68. The molecular weight excluding hydrogens is 271 g/mol. The minimum Gasteiger partial charge on any atom is -0.0842 e. The molecule has 0 aromatic heterocycles. The fraction of sp³-hybridized carbons (Fsp3) is 0.333. The van der Waals surface area contributed by atoms with Gasteiger partial charge in [-0.1, -0.05) is 59.0 Å². The van der Waals surface area contributed by atoms with E-state index in [0.717, 1.165) is 0 Å². The molecule has 0 bridgehead atoms. The van der Waals surface area contributed by atoms with Gasteiger partial charge in [0.05, 0.1) is 0 Å². The normalized spacial score (nSPS) is 27.0. The third-order valence-corrected chi connectivity index (χ3v) is 3.36. The van der Waals surface area contributed by atoms with Crippen molar-refractivity contribution >= 4 is 22.6 Å². The average molecular weight is 284 g/mol. The number of rotatable bonds is 1. The van der Waals surface area contributed by atoms with Gasteiger partial charge in [0.1, 0.15) is 0 Å². The van der Waals surface area contributed by atoms with Gasteiger partial charge in [0.15, 0.2) is 0 Å². The van der Waals surface area contributed by atoms with Gasteiger partial charge in [-0.15, -0.1) is 0 Å². The third-order valence-electron chi connectivity index (χ3n) is 2.43. The van der Waals surface area contributed by atoms with Crippen molar-refractivity contribution < 1.29 is 0 Å². The van der Waals surface area contributed by atoms with Crippen molar-refractivity contribution in [1.29, 1.82) is 0 Å². The van der Waals surface area contributed by atoms with Crippen molar-refractivity contribution in [3.8, 4) is 0 Å². The van der Waals surface area contributed by atoms with Crippen molar-refractivity contribution in [2.45, 2.75) is 23.2 Å². The number of alkyl halides is 1. The van der Waals surface area contributed by atoms with E-state index in [1.165, 1.54) is 30.4 Å². The standard InChI is InChI=1S/C12H13I/c13-12-8-6-11(7-9-12)10-4-2-1-3-5-10/h1-2,4,6-8,12H,3,5,9H2. The molecule has 0 aliphatic heterocycles. The minimum absolute atomic E-state index is 0.695. The maximum Gasteiger partial charge on any atom is 0.0327 e. The number of hydrogen-bond acceptors (Lipinski definition) is 0. The Balaban J connectivity index is 2.14. The molecule has 0 saturated heterocycles. The van der Waals surface area contributed by atoms with Crippen LogP contribution in [-0.4, -0.2) is 3.92 Å². The molecule has 0 saturated carbocycles. The molecule has 0 N–H and O–H groups in total. The van der Waals surface area contributed by atoms with Crippen LogP contribution in [0.15, 0.2) is 47.6 Å². The Morgan fingerprint density at radius 2 is 2.31 bits per heavy atom. The van der Waals surface area contributed by atoms with Gasteiger partial charge in [-0.3, -0.25) is 0 Å². The molecular formula is C12H13I. The van der Waals surface area contributed by atoms with Crippen LogP contribution in [-0.2, 0) is 0 Å². The monoisotopic (exact) mass is 284 g/mol. The summed E-state index contributed by atoms with van der Waals surface area (Å²) in [5.74, 6) is 0. The summed E-state index contributed by atoms with van der Waals surface area (Å²) < 4.78 is 0.695. The molecule has 1 unspecified atom stereocenters. The topological polar surface area (TPSA) is 0 Å². The highest BCUT2D eigenvalue weighted by Crippen LogP contribution is 2.26. The summed E-state index contributed by atoms with van der Waals surface area (Å²) in [4.78, 5) is 0. The molecule has 0 aromatic rings. The molecule has 2 aliphatic rings. The number of hydrogen-bond donors (Lipinski definition) is 0. The van der Waals surface area contributed by atoms with E-state index < -0.39 is 0 Å². The van der Waals surface area contributed by atoms with Crippen LogP contribution in [0.1, 0.15) is 19.3 Å². The predicted octanol–water partition coefficient (Wildman–Crippen LogP) is 3.95. The molecule has 2 rings (SSSR count). The molecule has 1 atom stereocenters. The SMILES string of the molecule is IC1C=CC(C2=CC=CCC2)=CC1. The lowest BCUT2D eigenvalue weighted by molar-refractivity contribution is 0.962. The van der Waals surface area contributed by atoms with Crippen LogP contribution in [0.3, 0.4) is 0 Å². The Morgan fingerprint density at radius 1 is 1.38 bits per heavy atom. The lowest BCUT2D eigenvalue weighted by Gasteiger charge is -2.14. The molecule has 0 nitrogen and oxygen atoms in total. The summed E-state index contributed by atoms with van der Waals surface area (Å²) >= 11 is 2.47. The van der Waals surface area contributed by atoms with Crippen LogP contribution in [0, 0.1) is 0 Å². The fourth-order valence-corrected chi connectivity index (χ4v) is 2.14. The molecule has 0 heterocycles. The first-order chi connectivity index (χ1) is 6.36. The molecule has 2 aliphatic carbocycles. The van der Waals surface area contributed by atoms with Gasteiger partial charge < -0.3 is 0 Å². The number of allylic oxidation sites excluding steroid dienone is 8. The van der Waals surface area contributed by atoms with Gasteiger partial charge in [0.2, 0.25) is 0 Å². The molecule has 0 spiro atoms. The Morgan fingerprint density at radius 3 is 2.92 bits per heavy atom. The van der Waals surface area contributed by atoms with Gasteiger partial charge >= 0.3 is 0 Å². The smallest absolute Gasteiger partial charge is 0.0327 e. The molecule has 0 radical (unpaired) electrons. The van der Waals surface area contributed by atoms with Crippen molar-refractivity contribution in [2.75, 3.05) is 0 Å². The highest BCUT2D eigenvalue weighted by atomic mass is 127. The van der Waals surface area contributed by atoms with Crippen LogP contribution >= 0.6 is 22.6 Å². The van der Waals surface area contributed by atoms with Crippen molar-refractivity contribution in [2.24, 2.45) is 0 Å². The van der Waals surface area contributed by atoms with Gasteiger partial charge in [-0.2, -0.15) is 0 Å². The van der Waals surface area contributed by atoms with E-state index in [2.05, 4.69) is 59.0 Å².